The van der Waals surface area contributed by atoms with Crippen LogP contribution in [0.15, 0.2) is 40.8 Å². The highest BCUT2D eigenvalue weighted by Gasteiger charge is 2.15. The molecule has 1 N–H and O–H groups in total. The Morgan fingerprint density at radius 3 is 2.62 bits per heavy atom. The van der Waals surface area contributed by atoms with Crippen molar-refractivity contribution in [3.8, 4) is 5.75 Å². The number of rotatable bonds is 3. The van der Waals surface area contributed by atoms with Crippen LogP contribution < -0.4 is 10.1 Å². The Balaban J connectivity index is 2.17. The number of benzene rings is 2. The summed E-state index contributed by atoms with van der Waals surface area (Å²) in [5, 5.41) is 4.89. The maximum atomic E-state index is 11.9. The van der Waals surface area contributed by atoms with Gasteiger partial charge in [0.05, 0.1) is 12.8 Å². The minimum absolute atomic E-state index is 0.0521. The van der Waals surface area contributed by atoms with Crippen LogP contribution in [-0.4, -0.2) is 13.0 Å². The van der Waals surface area contributed by atoms with Crippen molar-refractivity contribution >= 4 is 33.5 Å². The number of ether oxygens (including phenoxy) is 1. The highest BCUT2D eigenvalue weighted by atomic mass is 16.5. The Labute approximate surface area is 122 Å². The summed E-state index contributed by atoms with van der Waals surface area (Å²) in [7, 11) is 1.59. The molecule has 1 heterocycles. The van der Waals surface area contributed by atoms with E-state index in [1.807, 2.05) is 50.2 Å². The molecule has 1 aromatic heterocycles. The number of hydrogen-bond donors (Lipinski definition) is 1. The van der Waals surface area contributed by atoms with Gasteiger partial charge in [0.1, 0.15) is 16.9 Å². The van der Waals surface area contributed by atoms with Gasteiger partial charge in [0, 0.05) is 22.8 Å². The molecule has 0 radical (unpaired) electrons. The third-order valence-corrected chi connectivity index (χ3v) is 3.48. The van der Waals surface area contributed by atoms with E-state index >= 15 is 0 Å². The quantitative estimate of drug-likeness (QED) is 0.784. The largest absolute Gasteiger partial charge is 0.495 e. The van der Waals surface area contributed by atoms with E-state index in [0.717, 1.165) is 21.9 Å². The number of para-hydroxylation sites is 1. The number of carbonyl (C=O) groups is 1. The van der Waals surface area contributed by atoms with Crippen molar-refractivity contribution < 1.29 is 13.9 Å². The zero-order chi connectivity index (χ0) is 15.0. The lowest BCUT2D eigenvalue weighted by molar-refractivity contribution is -0.118. The first-order chi connectivity index (χ1) is 10.1. The summed E-state index contributed by atoms with van der Waals surface area (Å²) in [6, 6.07) is 11.5. The van der Waals surface area contributed by atoms with Gasteiger partial charge in [-0.25, -0.2) is 0 Å². The molecule has 108 valence electrons. The molecule has 1 amide bonds. The van der Waals surface area contributed by atoms with Crippen molar-refractivity contribution in [3.05, 3.63) is 36.4 Å². The maximum absolute atomic E-state index is 11.9. The summed E-state index contributed by atoms with van der Waals surface area (Å²) in [6.45, 7) is 3.70. The third-order valence-electron chi connectivity index (χ3n) is 3.48. The average molecular weight is 283 g/mol. The molecular formula is C17H17NO3. The molecule has 0 saturated carbocycles. The van der Waals surface area contributed by atoms with Crippen molar-refractivity contribution in [1.82, 2.24) is 0 Å². The molecule has 0 aliphatic rings. The number of methoxy groups -OCH3 is 1. The molecule has 0 bridgehead atoms. The van der Waals surface area contributed by atoms with Gasteiger partial charge in [0.15, 0.2) is 0 Å². The molecule has 3 aromatic rings. The fourth-order valence-corrected chi connectivity index (χ4v) is 2.30. The Kier molecular flexibility index (Phi) is 3.29. The Morgan fingerprint density at radius 2 is 1.90 bits per heavy atom. The molecule has 0 unspecified atom stereocenters. The van der Waals surface area contributed by atoms with Crippen LogP contribution in [-0.2, 0) is 4.79 Å². The molecule has 0 atom stereocenters. The molecule has 0 fully saturated rings. The lowest BCUT2D eigenvalue weighted by atomic mass is 10.1. The van der Waals surface area contributed by atoms with E-state index in [4.69, 9.17) is 9.15 Å². The first kappa shape index (κ1) is 13.5. The predicted molar refractivity (Wildman–Crippen MR) is 83.7 cm³/mol. The van der Waals surface area contributed by atoms with E-state index in [-0.39, 0.29) is 11.8 Å². The topological polar surface area (TPSA) is 51.5 Å². The van der Waals surface area contributed by atoms with Crippen LogP contribution in [0, 0.1) is 5.92 Å². The maximum Gasteiger partial charge on any atom is 0.227 e. The highest BCUT2D eigenvalue weighted by molar-refractivity contribution is 6.07. The molecular weight excluding hydrogens is 266 g/mol. The first-order valence-corrected chi connectivity index (χ1v) is 6.90. The second-order valence-corrected chi connectivity index (χ2v) is 5.29. The SMILES string of the molecule is COc1cc2c(cc1NC(=O)C(C)C)oc1ccccc12. The van der Waals surface area contributed by atoms with Crippen LogP contribution in [0.2, 0.25) is 0 Å². The molecule has 2 aromatic carbocycles. The summed E-state index contributed by atoms with van der Waals surface area (Å²) in [5.74, 6) is 0.480. The molecule has 0 aliphatic heterocycles. The van der Waals surface area contributed by atoms with Gasteiger partial charge in [-0.15, -0.1) is 0 Å². The van der Waals surface area contributed by atoms with Gasteiger partial charge < -0.3 is 14.5 Å². The summed E-state index contributed by atoms with van der Waals surface area (Å²) >= 11 is 0. The zero-order valence-corrected chi connectivity index (χ0v) is 12.3. The third kappa shape index (κ3) is 2.33. The van der Waals surface area contributed by atoms with Gasteiger partial charge in [0.25, 0.3) is 0 Å². The normalized spacial score (nSPS) is 11.2. The van der Waals surface area contributed by atoms with Crippen LogP contribution in [0.4, 0.5) is 5.69 Å². The van der Waals surface area contributed by atoms with E-state index in [0.29, 0.717) is 11.4 Å². The van der Waals surface area contributed by atoms with E-state index in [2.05, 4.69) is 5.32 Å². The van der Waals surface area contributed by atoms with Crippen molar-refractivity contribution in [2.75, 3.05) is 12.4 Å². The van der Waals surface area contributed by atoms with Gasteiger partial charge in [-0.1, -0.05) is 32.0 Å². The predicted octanol–water partition coefficient (Wildman–Crippen LogP) is 4.19. The highest BCUT2D eigenvalue weighted by Crippen LogP contribution is 2.36. The standard InChI is InChI=1S/C17H17NO3/c1-10(2)17(19)18-13-9-15-12(8-16(13)20-3)11-6-4-5-7-14(11)21-15/h4-10H,1-3H3,(H,18,19). The lowest BCUT2D eigenvalue weighted by Crippen LogP contribution is -2.18. The van der Waals surface area contributed by atoms with Crippen LogP contribution >= 0.6 is 0 Å². The fourth-order valence-electron chi connectivity index (χ4n) is 2.30. The summed E-state index contributed by atoms with van der Waals surface area (Å²) < 4.78 is 11.2. The summed E-state index contributed by atoms with van der Waals surface area (Å²) in [6.07, 6.45) is 0. The van der Waals surface area contributed by atoms with E-state index in [1.165, 1.54) is 0 Å². The van der Waals surface area contributed by atoms with Crippen LogP contribution in [0.3, 0.4) is 0 Å². The monoisotopic (exact) mass is 283 g/mol. The number of carbonyl (C=O) groups excluding carboxylic acids is 1. The zero-order valence-electron chi connectivity index (χ0n) is 12.3. The lowest BCUT2D eigenvalue weighted by Gasteiger charge is -2.11. The Bertz CT molecular complexity index is 817. The van der Waals surface area contributed by atoms with Crippen LogP contribution in [0.5, 0.6) is 5.75 Å². The van der Waals surface area contributed by atoms with Gasteiger partial charge in [-0.3, -0.25) is 4.79 Å². The van der Waals surface area contributed by atoms with Crippen LogP contribution in [0.25, 0.3) is 21.9 Å². The Hall–Kier alpha value is -2.49. The van der Waals surface area contributed by atoms with Crippen molar-refractivity contribution in [1.29, 1.82) is 0 Å². The van der Waals surface area contributed by atoms with Gasteiger partial charge in [-0.2, -0.15) is 0 Å². The smallest absolute Gasteiger partial charge is 0.227 e. The van der Waals surface area contributed by atoms with Gasteiger partial charge in [-0.05, 0) is 12.1 Å². The summed E-state index contributed by atoms with van der Waals surface area (Å²) in [5.41, 5.74) is 2.18. The number of amides is 1. The minimum atomic E-state index is -0.0962. The van der Waals surface area contributed by atoms with Gasteiger partial charge >= 0.3 is 0 Å². The molecule has 0 spiro atoms. The van der Waals surface area contributed by atoms with E-state index in [9.17, 15) is 4.79 Å². The fraction of sp³-hybridized carbons (Fsp3) is 0.235. The average Bonchev–Trinajstić information content (AvgIpc) is 2.83. The van der Waals surface area contributed by atoms with Crippen molar-refractivity contribution in [3.63, 3.8) is 0 Å². The second-order valence-electron chi connectivity index (χ2n) is 5.29. The number of nitrogens with one attached hydrogen (secondary N) is 1. The van der Waals surface area contributed by atoms with E-state index < -0.39 is 0 Å². The van der Waals surface area contributed by atoms with Crippen LogP contribution in [0.1, 0.15) is 13.8 Å². The second kappa shape index (κ2) is 5.13. The molecule has 0 saturated heterocycles. The van der Waals surface area contributed by atoms with Crippen molar-refractivity contribution in [2.24, 2.45) is 5.92 Å². The molecule has 4 heteroatoms. The number of anilines is 1. The Morgan fingerprint density at radius 1 is 1.14 bits per heavy atom. The molecule has 3 rings (SSSR count). The summed E-state index contributed by atoms with van der Waals surface area (Å²) in [4.78, 5) is 11.9. The number of fused-ring (bicyclic) bond motifs is 3. The minimum Gasteiger partial charge on any atom is -0.495 e. The molecule has 4 nitrogen and oxygen atoms in total. The number of hydrogen-bond acceptors (Lipinski definition) is 3. The molecule has 0 aliphatic carbocycles. The van der Waals surface area contributed by atoms with Crippen molar-refractivity contribution in [2.45, 2.75) is 13.8 Å². The van der Waals surface area contributed by atoms with Gasteiger partial charge in [0.2, 0.25) is 5.91 Å². The first-order valence-electron chi connectivity index (χ1n) is 6.90. The molecule has 21 heavy (non-hydrogen) atoms. The van der Waals surface area contributed by atoms with E-state index in [1.54, 1.807) is 7.11 Å². The number of furan rings is 1.